The topological polar surface area (TPSA) is 51.4 Å². The van der Waals surface area contributed by atoms with Crippen LogP contribution in [0, 0.1) is 0 Å². The molecule has 0 amide bonds. The maximum atomic E-state index is 5.59. The highest BCUT2D eigenvalue weighted by molar-refractivity contribution is 5.47. The van der Waals surface area contributed by atoms with Gasteiger partial charge < -0.3 is 15.4 Å². The van der Waals surface area contributed by atoms with Gasteiger partial charge in [0.1, 0.15) is 0 Å². The first-order valence-electron chi connectivity index (χ1n) is 6.23. The third-order valence-electron chi connectivity index (χ3n) is 3.00. The number of hydrogen-bond acceptors (Lipinski definition) is 4. The highest BCUT2D eigenvalue weighted by atomic mass is 16.5. The molecule has 4 nitrogen and oxygen atoms in total. The van der Waals surface area contributed by atoms with Gasteiger partial charge in [-0.25, -0.2) is 4.98 Å². The Kier molecular flexibility index (Phi) is 4.36. The molecule has 2 rings (SSSR count). The summed E-state index contributed by atoms with van der Waals surface area (Å²) in [5, 5.41) is 0. The van der Waals surface area contributed by atoms with E-state index >= 15 is 0 Å². The molecule has 0 unspecified atom stereocenters. The third kappa shape index (κ3) is 3.45. The third-order valence-corrected chi connectivity index (χ3v) is 3.00. The van der Waals surface area contributed by atoms with Crippen LogP contribution in [0.1, 0.15) is 11.3 Å². The monoisotopic (exact) mass is 257 g/mol. The number of ether oxygens (including phenoxy) is 1. The normalized spacial score (nSPS) is 10.3. The zero-order valence-electron chi connectivity index (χ0n) is 11.3. The Morgan fingerprint density at radius 1 is 1.16 bits per heavy atom. The Balaban J connectivity index is 2.08. The van der Waals surface area contributed by atoms with Crippen molar-refractivity contribution >= 4 is 5.69 Å². The summed E-state index contributed by atoms with van der Waals surface area (Å²) in [6.45, 7) is 1.31. The van der Waals surface area contributed by atoms with Gasteiger partial charge in [-0.2, -0.15) is 0 Å². The van der Waals surface area contributed by atoms with Crippen molar-refractivity contribution in [3.05, 3.63) is 53.7 Å². The quantitative estimate of drug-likeness (QED) is 0.892. The Bertz CT molecular complexity index is 525. The molecule has 4 heteroatoms. The number of aromatic nitrogens is 1. The molecule has 19 heavy (non-hydrogen) atoms. The molecule has 0 aliphatic rings. The SMILES string of the molecule is COc1cccc(CN(C)c2ccc(CN)cc2)n1. The summed E-state index contributed by atoms with van der Waals surface area (Å²) in [7, 11) is 3.67. The van der Waals surface area contributed by atoms with Crippen molar-refractivity contribution < 1.29 is 4.74 Å². The van der Waals surface area contributed by atoms with Crippen LogP contribution in [0.5, 0.6) is 5.88 Å². The summed E-state index contributed by atoms with van der Waals surface area (Å²) in [5.41, 5.74) is 8.85. The number of nitrogens with two attached hydrogens (primary N) is 1. The Labute approximate surface area is 113 Å². The second-order valence-corrected chi connectivity index (χ2v) is 4.40. The molecule has 0 fully saturated rings. The Morgan fingerprint density at radius 2 is 1.89 bits per heavy atom. The fourth-order valence-corrected chi connectivity index (χ4v) is 1.88. The molecule has 0 bridgehead atoms. The van der Waals surface area contributed by atoms with E-state index in [2.05, 4.69) is 22.0 Å². The van der Waals surface area contributed by atoms with Crippen molar-refractivity contribution in [3.63, 3.8) is 0 Å². The van der Waals surface area contributed by atoms with E-state index < -0.39 is 0 Å². The summed E-state index contributed by atoms with van der Waals surface area (Å²) < 4.78 is 5.13. The molecule has 0 aliphatic carbocycles. The van der Waals surface area contributed by atoms with Crippen LogP contribution in [-0.2, 0) is 13.1 Å². The van der Waals surface area contributed by atoms with Crippen LogP contribution in [0.25, 0.3) is 0 Å². The zero-order valence-corrected chi connectivity index (χ0v) is 11.3. The second kappa shape index (κ2) is 6.20. The molecule has 100 valence electrons. The highest BCUT2D eigenvalue weighted by Gasteiger charge is 2.04. The molecular weight excluding hydrogens is 238 g/mol. The van der Waals surface area contributed by atoms with E-state index in [4.69, 9.17) is 10.5 Å². The van der Waals surface area contributed by atoms with Crippen molar-refractivity contribution in [2.24, 2.45) is 5.73 Å². The Morgan fingerprint density at radius 3 is 2.53 bits per heavy atom. The van der Waals surface area contributed by atoms with E-state index in [1.165, 1.54) is 0 Å². The van der Waals surface area contributed by atoms with E-state index in [-0.39, 0.29) is 0 Å². The minimum atomic E-state index is 0.571. The molecule has 0 atom stereocenters. The number of hydrogen-bond donors (Lipinski definition) is 1. The van der Waals surface area contributed by atoms with Gasteiger partial charge in [-0.1, -0.05) is 18.2 Å². The molecule has 1 aromatic carbocycles. The number of rotatable bonds is 5. The molecular formula is C15H19N3O. The summed E-state index contributed by atoms with van der Waals surface area (Å²) in [4.78, 5) is 6.55. The number of nitrogens with zero attached hydrogens (tertiary/aromatic N) is 2. The van der Waals surface area contributed by atoms with E-state index in [9.17, 15) is 0 Å². The van der Waals surface area contributed by atoms with Crippen LogP contribution in [0.15, 0.2) is 42.5 Å². The van der Waals surface area contributed by atoms with Crippen LogP contribution >= 0.6 is 0 Å². The van der Waals surface area contributed by atoms with Crippen LogP contribution in [-0.4, -0.2) is 19.1 Å². The van der Waals surface area contributed by atoms with Gasteiger partial charge >= 0.3 is 0 Å². The lowest BCUT2D eigenvalue weighted by Crippen LogP contribution is -2.17. The summed E-state index contributed by atoms with van der Waals surface area (Å²) in [5.74, 6) is 0.643. The first-order chi connectivity index (χ1) is 9.22. The lowest BCUT2D eigenvalue weighted by atomic mass is 10.2. The van der Waals surface area contributed by atoms with Gasteiger partial charge in [0.15, 0.2) is 0 Å². The molecule has 1 heterocycles. The Hall–Kier alpha value is -2.07. The fourth-order valence-electron chi connectivity index (χ4n) is 1.88. The van der Waals surface area contributed by atoms with Crippen molar-refractivity contribution in [2.75, 3.05) is 19.1 Å². The lowest BCUT2D eigenvalue weighted by molar-refractivity contribution is 0.396. The van der Waals surface area contributed by atoms with Crippen molar-refractivity contribution in [2.45, 2.75) is 13.1 Å². The van der Waals surface area contributed by atoms with Crippen molar-refractivity contribution in [1.82, 2.24) is 4.98 Å². The predicted octanol–water partition coefficient (Wildman–Crippen LogP) is 2.19. The number of pyridine rings is 1. The van der Waals surface area contributed by atoms with Crippen LogP contribution < -0.4 is 15.4 Å². The van der Waals surface area contributed by atoms with Gasteiger partial charge in [0.25, 0.3) is 0 Å². The molecule has 0 radical (unpaired) electrons. The van der Waals surface area contributed by atoms with E-state index in [0.717, 1.165) is 23.5 Å². The molecule has 0 aliphatic heterocycles. The second-order valence-electron chi connectivity index (χ2n) is 4.40. The lowest BCUT2D eigenvalue weighted by Gasteiger charge is -2.19. The molecule has 0 saturated carbocycles. The summed E-state index contributed by atoms with van der Waals surface area (Å²) in [6, 6.07) is 14.0. The van der Waals surface area contributed by atoms with Gasteiger partial charge in [0, 0.05) is 25.3 Å². The fraction of sp³-hybridized carbons (Fsp3) is 0.267. The maximum absolute atomic E-state index is 5.59. The average molecular weight is 257 g/mol. The maximum Gasteiger partial charge on any atom is 0.213 e. The van der Waals surface area contributed by atoms with Crippen molar-refractivity contribution in [1.29, 1.82) is 0 Å². The molecule has 2 aromatic rings. The summed E-state index contributed by atoms with van der Waals surface area (Å²) in [6.07, 6.45) is 0. The van der Waals surface area contributed by atoms with Gasteiger partial charge in [-0.05, 0) is 23.8 Å². The van der Waals surface area contributed by atoms with Gasteiger partial charge in [0.2, 0.25) is 5.88 Å². The summed E-state index contributed by atoms with van der Waals surface area (Å²) >= 11 is 0. The van der Waals surface area contributed by atoms with Crippen LogP contribution in [0.4, 0.5) is 5.69 Å². The molecule has 0 spiro atoms. The highest BCUT2D eigenvalue weighted by Crippen LogP contribution is 2.16. The predicted molar refractivity (Wildman–Crippen MR) is 77.2 cm³/mol. The average Bonchev–Trinajstić information content (AvgIpc) is 2.47. The largest absolute Gasteiger partial charge is 0.481 e. The molecule has 0 saturated heterocycles. The van der Waals surface area contributed by atoms with E-state index in [1.54, 1.807) is 7.11 Å². The first kappa shape index (κ1) is 13.4. The van der Waals surface area contributed by atoms with Gasteiger partial charge in [0.05, 0.1) is 19.3 Å². The zero-order chi connectivity index (χ0) is 13.7. The smallest absolute Gasteiger partial charge is 0.213 e. The van der Waals surface area contributed by atoms with Gasteiger partial charge in [-0.15, -0.1) is 0 Å². The molecule has 1 aromatic heterocycles. The first-order valence-corrected chi connectivity index (χ1v) is 6.23. The number of anilines is 1. The number of benzene rings is 1. The minimum absolute atomic E-state index is 0.571. The van der Waals surface area contributed by atoms with Crippen molar-refractivity contribution in [3.8, 4) is 5.88 Å². The van der Waals surface area contributed by atoms with Crippen LogP contribution in [0.2, 0.25) is 0 Å². The standard InChI is InChI=1S/C15H19N3O/c1-18(14-8-6-12(10-16)7-9-14)11-13-4-3-5-15(17-13)19-2/h3-9H,10-11,16H2,1-2H3. The van der Waals surface area contributed by atoms with Gasteiger partial charge in [-0.3, -0.25) is 0 Å². The van der Waals surface area contributed by atoms with E-state index in [1.807, 2.05) is 37.4 Å². The van der Waals surface area contributed by atoms with E-state index in [0.29, 0.717) is 12.4 Å². The van der Waals surface area contributed by atoms with Crippen LogP contribution in [0.3, 0.4) is 0 Å². The number of methoxy groups -OCH3 is 1. The minimum Gasteiger partial charge on any atom is -0.481 e. The molecule has 2 N–H and O–H groups in total.